The molecule has 0 bridgehead atoms. The Bertz CT molecular complexity index is 975. The van der Waals surface area contributed by atoms with Crippen molar-refractivity contribution in [3.8, 4) is 0 Å². The number of aryl methyl sites for hydroxylation is 1. The van der Waals surface area contributed by atoms with Crippen LogP contribution in [0.25, 0.3) is 0 Å². The van der Waals surface area contributed by atoms with Crippen molar-refractivity contribution in [2.45, 2.75) is 39.8 Å². The topological polar surface area (TPSA) is 97.7 Å². The van der Waals surface area contributed by atoms with Gasteiger partial charge in [-0.25, -0.2) is 4.79 Å². The zero-order valence-corrected chi connectivity index (χ0v) is 17.6. The van der Waals surface area contributed by atoms with Crippen LogP contribution in [0.5, 0.6) is 0 Å². The van der Waals surface area contributed by atoms with Gasteiger partial charge in [-0.1, -0.05) is 6.07 Å². The van der Waals surface area contributed by atoms with Gasteiger partial charge in [-0.3, -0.25) is 19.3 Å². The molecule has 29 heavy (non-hydrogen) atoms. The molecule has 2 aromatic heterocycles. The summed E-state index contributed by atoms with van der Waals surface area (Å²) in [6.45, 7) is 6.56. The molecule has 3 heterocycles. The van der Waals surface area contributed by atoms with E-state index >= 15 is 0 Å². The highest BCUT2D eigenvalue weighted by atomic mass is 32.1. The standard InChI is InChI=1S/C20H23N3O5S/c1-12-8-15(13(2)22(12)9-14-6-5-7-29-14)16(24)11-28-17(25)10-23-18(26)20(3,4)21-19(23)27/h5-8H,9-11H2,1-4H3,(H,21,27). The third-order valence-corrected chi connectivity index (χ3v) is 5.73. The molecule has 0 spiro atoms. The van der Waals surface area contributed by atoms with E-state index in [1.165, 1.54) is 4.88 Å². The SMILES string of the molecule is Cc1cc(C(=O)COC(=O)CN2C(=O)NC(C)(C)C2=O)c(C)n1Cc1cccs1. The summed E-state index contributed by atoms with van der Waals surface area (Å²) in [5.41, 5.74) is 1.16. The van der Waals surface area contributed by atoms with Gasteiger partial charge in [-0.15, -0.1) is 11.3 Å². The fraction of sp³-hybridized carbons (Fsp3) is 0.400. The lowest BCUT2D eigenvalue weighted by molar-refractivity contribution is -0.146. The maximum absolute atomic E-state index is 12.6. The lowest BCUT2D eigenvalue weighted by Gasteiger charge is -2.15. The van der Waals surface area contributed by atoms with Crippen molar-refractivity contribution in [2.75, 3.05) is 13.2 Å². The van der Waals surface area contributed by atoms with Crippen LogP contribution >= 0.6 is 11.3 Å². The molecule has 0 unspecified atom stereocenters. The van der Waals surface area contributed by atoms with Crippen molar-refractivity contribution in [2.24, 2.45) is 0 Å². The fourth-order valence-corrected chi connectivity index (χ4v) is 3.94. The van der Waals surface area contributed by atoms with E-state index in [2.05, 4.69) is 5.32 Å². The number of Topliss-reactive ketones (excluding diaryl/α,β-unsaturated/α-hetero) is 1. The highest BCUT2D eigenvalue weighted by Crippen LogP contribution is 2.20. The average molecular weight is 417 g/mol. The molecule has 2 aromatic rings. The lowest BCUT2D eigenvalue weighted by atomic mass is 10.1. The van der Waals surface area contributed by atoms with E-state index in [0.29, 0.717) is 12.1 Å². The monoisotopic (exact) mass is 417 g/mol. The first-order valence-electron chi connectivity index (χ1n) is 9.12. The molecule has 0 radical (unpaired) electrons. The molecule has 0 atom stereocenters. The number of thiophene rings is 1. The molecule has 1 saturated heterocycles. The van der Waals surface area contributed by atoms with Crippen molar-refractivity contribution in [3.63, 3.8) is 0 Å². The Morgan fingerprint density at radius 2 is 1.97 bits per heavy atom. The summed E-state index contributed by atoms with van der Waals surface area (Å²) in [5, 5.41) is 4.49. The van der Waals surface area contributed by atoms with Crippen molar-refractivity contribution in [1.82, 2.24) is 14.8 Å². The van der Waals surface area contributed by atoms with Crippen LogP contribution in [0.4, 0.5) is 4.79 Å². The summed E-state index contributed by atoms with van der Waals surface area (Å²) in [7, 11) is 0. The number of urea groups is 1. The number of esters is 1. The lowest BCUT2D eigenvalue weighted by Crippen LogP contribution is -2.41. The van der Waals surface area contributed by atoms with Crippen LogP contribution in [0.2, 0.25) is 0 Å². The molecule has 0 aromatic carbocycles. The molecule has 8 nitrogen and oxygen atoms in total. The smallest absolute Gasteiger partial charge is 0.326 e. The van der Waals surface area contributed by atoms with Gasteiger partial charge in [0.25, 0.3) is 5.91 Å². The Labute approximate surface area is 172 Å². The van der Waals surface area contributed by atoms with Gasteiger partial charge in [0.05, 0.1) is 6.54 Å². The first kappa shape index (κ1) is 20.8. The summed E-state index contributed by atoms with van der Waals surface area (Å²) >= 11 is 1.64. The number of aromatic nitrogens is 1. The number of imide groups is 1. The van der Waals surface area contributed by atoms with Gasteiger partial charge in [0.1, 0.15) is 12.1 Å². The van der Waals surface area contributed by atoms with Crippen molar-refractivity contribution < 1.29 is 23.9 Å². The van der Waals surface area contributed by atoms with Crippen LogP contribution < -0.4 is 5.32 Å². The number of nitrogens with one attached hydrogen (secondary N) is 1. The summed E-state index contributed by atoms with van der Waals surface area (Å²) in [6.07, 6.45) is 0. The molecule has 0 saturated carbocycles. The number of carbonyl (C=O) groups is 4. The van der Waals surface area contributed by atoms with Crippen LogP contribution in [-0.2, 0) is 20.9 Å². The maximum atomic E-state index is 12.6. The van der Waals surface area contributed by atoms with E-state index < -0.39 is 36.6 Å². The first-order valence-corrected chi connectivity index (χ1v) is 10.00. The number of hydrogen-bond acceptors (Lipinski definition) is 6. The molecule has 154 valence electrons. The molecule has 3 amide bonds. The van der Waals surface area contributed by atoms with Crippen molar-refractivity contribution in [1.29, 1.82) is 0 Å². The second-order valence-electron chi connectivity index (χ2n) is 7.48. The van der Waals surface area contributed by atoms with Crippen LogP contribution in [0.15, 0.2) is 23.6 Å². The van der Waals surface area contributed by atoms with E-state index in [1.54, 1.807) is 31.3 Å². The van der Waals surface area contributed by atoms with E-state index in [1.807, 2.05) is 35.9 Å². The Kier molecular flexibility index (Phi) is 5.61. The minimum absolute atomic E-state index is 0.332. The number of carbonyl (C=O) groups excluding carboxylic acids is 4. The van der Waals surface area contributed by atoms with Gasteiger partial charge >= 0.3 is 12.0 Å². The van der Waals surface area contributed by atoms with Crippen LogP contribution in [-0.4, -0.2) is 51.8 Å². The van der Waals surface area contributed by atoms with Gasteiger partial charge in [0.15, 0.2) is 6.61 Å². The molecule has 3 rings (SSSR count). The Morgan fingerprint density at radius 3 is 2.55 bits per heavy atom. The fourth-order valence-electron chi connectivity index (χ4n) is 3.25. The second kappa shape index (κ2) is 7.82. The minimum atomic E-state index is -1.06. The predicted molar refractivity (Wildman–Crippen MR) is 107 cm³/mol. The van der Waals surface area contributed by atoms with Crippen molar-refractivity contribution >= 4 is 35.0 Å². The molecule has 1 fully saturated rings. The summed E-state index contributed by atoms with van der Waals surface area (Å²) in [6, 6.07) is 5.13. The predicted octanol–water partition coefficient (Wildman–Crippen LogP) is 2.27. The number of hydrogen-bond donors (Lipinski definition) is 1. The van der Waals surface area contributed by atoms with E-state index in [0.717, 1.165) is 16.3 Å². The zero-order valence-electron chi connectivity index (χ0n) is 16.8. The van der Waals surface area contributed by atoms with Crippen LogP contribution in [0, 0.1) is 13.8 Å². The van der Waals surface area contributed by atoms with E-state index in [-0.39, 0.29) is 5.78 Å². The summed E-state index contributed by atoms with van der Waals surface area (Å²) in [4.78, 5) is 50.5. The van der Waals surface area contributed by atoms with E-state index in [9.17, 15) is 19.2 Å². The molecular formula is C20H23N3O5S. The van der Waals surface area contributed by atoms with Crippen LogP contribution in [0.3, 0.4) is 0 Å². The second-order valence-corrected chi connectivity index (χ2v) is 8.51. The molecule has 1 N–H and O–H groups in total. The normalized spacial score (nSPS) is 15.5. The largest absolute Gasteiger partial charge is 0.456 e. The molecular weight excluding hydrogens is 394 g/mol. The number of nitrogens with zero attached hydrogens (tertiary/aromatic N) is 2. The van der Waals surface area contributed by atoms with Gasteiger partial charge in [0, 0.05) is 21.8 Å². The Hall–Kier alpha value is -2.94. The maximum Gasteiger partial charge on any atom is 0.326 e. The highest BCUT2D eigenvalue weighted by molar-refractivity contribution is 7.09. The molecule has 1 aliphatic heterocycles. The number of ether oxygens (including phenoxy) is 1. The first-order chi connectivity index (χ1) is 13.6. The van der Waals surface area contributed by atoms with Gasteiger partial charge in [-0.2, -0.15) is 0 Å². The van der Waals surface area contributed by atoms with Gasteiger partial charge < -0.3 is 14.6 Å². The van der Waals surface area contributed by atoms with Gasteiger partial charge in [-0.05, 0) is 45.2 Å². The number of rotatable bonds is 7. The molecule has 1 aliphatic rings. The highest BCUT2D eigenvalue weighted by Gasteiger charge is 2.45. The van der Waals surface area contributed by atoms with Crippen molar-refractivity contribution in [3.05, 3.63) is 45.4 Å². The molecule has 0 aliphatic carbocycles. The zero-order chi connectivity index (χ0) is 21.3. The van der Waals surface area contributed by atoms with Gasteiger partial charge in [0.2, 0.25) is 5.78 Å². The van der Waals surface area contributed by atoms with E-state index in [4.69, 9.17) is 4.74 Å². The number of amides is 3. The Balaban J connectivity index is 1.60. The summed E-state index contributed by atoms with van der Waals surface area (Å²) in [5.74, 6) is -1.66. The Morgan fingerprint density at radius 1 is 1.24 bits per heavy atom. The number of ketones is 1. The third kappa shape index (κ3) is 4.24. The average Bonchev–Trinajstić information content (AvgIpc) is 3.31. The van der Waals surface area contributed by atoms with Crippen LogP contribution in [0.1, 0.15) is 40.5 Å². The third-order valence-electron chi connectivity index (χ3n) is 4.86. The molecule has 9 heteroatoms. The minimum Gasteiger partial charge on any atom is -0.456 e. The summed E-state index contributed by atoms with van der Waals surface area (Å²) < 4.78 is 7.06. The quantitative estimate of drug-likeness (QED) is 0.423.